The number of rotatable bonds is 21. The minimum atomic E-state index is 1.24. The third kappa shape index (κ3) is 12.7. The summed E-state index contributed by atoms with van der Waals surface area (Å²) in [5.41, 5.74) is 4.38. The molecule has 0 aromatic carbocycles. The molecule has 0 N–H and O–H groups in total. The number of unbranched alkanes of at least 4 members (excludes halogenated alkanes) is 19. The fraction of sp³-hybridized carbons (Fsp3) is 0.688. The zero-order valence-corrected chi connectivity index (χ0v) is 21.4. The van der Waals surface area contributed by atoms with Gasteiger partial charge in [0.25, 0.3) is 0 Å². The second-order valence-electron chi connectivity index (χ2n) is 10.1. The van der Waals surface area contributed by atoms with E-state index in [0.29, 0.717) is 0 Å². The molecular formula is C32H52. The van der Waals surface area contributed by atoms with Gasteiger partial charge >= 0.3 is 0 Å². The van der Waals surface area contributed by atoms with E-state index in [4.69, 9.17) is 0 Å². The van der Waals surface area contributed by atoms with E-state index >= 15 is 0 Å². The molecule has 0 heterocycles. The second-order valence-corrected chi connectivity index (χ2v) is 10.1. The minimum Gasteiger partial charge on any atom is -0.0654 e. The number of fused-ring (bicyclic) bond motifs is 1. The smallest absolute Gasteiger partial charge is 0.0152 e. The molecule has 180 valence electrons. The van der Waals surface area contributed by atoms with Crippen LogP contribution in [0.2, 0.25) is 0 Å². The van der Waals surface area contributed by atoms with Crippen LogP contribution in [-0.2, 0) is 6.42 Å². The molecule has 0 fully saturated rings. The first-order valence-corrected chi connectivity index (χ1v) is 14.4. The largest absolute Gasteiger partial charge is 0.0654 e. The molecule has 0 radical (unpaired) electrons. The lowest BCUT2D eigenvalue weighted by atomic mass is 10.0. The monoisotopic (exact) mass is 436 g/mol. The number of aryl methyl sites for hydroxylation is 1. The molecule has 0 heteroatoms. The highest BCUT2D eigenvalue weighted by Crippen LogP contribution is 2.28. The van der Waals surface area contributed by atoms with Crippen LogP contribution in [0, 0.1) is 0 Å². The standard InChI is InChI=1S/C32H52/c1-2-3-4-5-6-7-8-9-10-11-12-13-14-15-16-17-18-19-20-22-25-30-28-29-31-26-23-21-24-27-32(30)31/h21,23-24,26-29H,2-20,22,25H2,1H3. The molecule has 0 saturated carbocycles. The Morgan fingerprint density at radius 3 is 1.34 bits per heavy atom. The van der Waals surface area contributed by atoms with Gasteiger partial charge in [0, 0.05) is 0 Å². The highest BCUT2D eigenvalue weighted by atomic mass is 14.1. The van der Waals surface area contributed by atoms with E-state index in [2.05, 4.69) is 49.4 Å². The zero-order chi connectivity index (χ0) is 22.5. The summed E-state index contributed by atoms with van der Waals surface area (Å²) in [5, 5.41) is 0. The van der Waals surface area contributed by atoms with E-state index < -0.39 is 0 Å². The molecule has 0 atom stereocenters. The van der Waals surface area contributed by atoms with Crippen LogP contribution in [0.3, 0.4) is 0 Å². The van der Waals surface area contributed by atoms with Crippen molar-refractivity contribution >= 4 is 0 Å². The molecule has 0 aromatic heterocycles. The first-order chi connectivity index (χ1) is 15.9. The first-order valence-electron chi connectivity index (χ1n) is 14.4. The van der Waals surface area contributed by atoms with E-state index in [1.165, 1.54) is 146 Å². The average Bonchev–Trinajstić information content (AvgIpc) is 3.03. The van der Waals surface area contributed by atoms with Crippen LogP contribution in [0.5, 0.6) is 0 Å². The van der Waals surface area contributed by atoms with Crippen molar-refractivity contribution in [3.8, 4) is 11.1 Å². The van der Waals surface area contributed by atoms with Gasteiger partial charge in [0.2, 0.25) is 0 Å². The molecule has 0 spiro atoms. The molecule has 2 aliphatic rings. The summed E-state index contributed by atoms with van der Waals surface area (Å²) in [6, 6.07) is 15.6. The van der Waals surface area contributed by atoms with Gasteiger partial charge in [0.1, 0.15) is 0 Å². The molecule has 0 unspecified atom stereocenters. The van der Waals surface area contributed by atoms with Gasteiger partial charge in [-0.3, -0.25) is 0 Å². The van der Waals surface area contributed by atoms with Gasteiger partial charge in [-0.25, -0.2) is 0 Å². The van der Waals surface area contributed by atoms with Crippen LogP contribution in [-0.4, -0.2) is 0 Å². The molecule has 32 heavy (non-hydrogen) atoms. The van der Waals surface area contributed by atoms with Crippen LogP contribution < -0.4 is 0 Å². The molecule has 0 aromatic rings. The summed E-state index contributed by atoms with van der Waals surface area (Å²) in [4.78, 5) is 0. The third-order valence-electron chi connectivity index (χ3n) is 7.18. The van der Waals surface area contributed by atoms with E-state index in [1.54, 1.807) is 5.56 Å². The molecule has 0 bridgehead atoms. The topological polar surface area (TPSA) is 0 Å². The Morgan fingerprint density at radius 1 is 0.406 bits per heavy atom. The quantitative estimate of drug-likeness (QED) is 0.171. The van der Waals surface area contributed by atoms with Crippen LogP contribution in [0.15, 0.2) is 42.5 Å². The fourth-order valence-corrected chi connectivity index (χ4v) is 5.07. The predicted molar refractivity (Wildman–Crippen MR) is 145 cm³/mol. The summed E-state index contributed by atoms with van der Waals surface area (Å²) >= 11 is 0. The SMILES string of the molecule is CCCCCCCCCCCCCCCCCCCCCCc1ccc2cccccc1-2. The van der Waals surface area contributed by atoms with Gasteiger partial charge < -0.3 is 0 Å². The van der Waals surface area contributed by atoms with Gasteiger partial charge in [-0.1, -0.05) is 171 Å². The molecular weight excluding hydrogens is 384 g/mol. The number of hydrogen-bond acceptors (Lipinski definition) is 0. The van der Waals surface area contributed by atoms with Crippen molar-refractivity contribution in [1.82, 2.24) is 0 Å². The van der Waals surface area contributed by atoms with Crippen molar-refractivity contribution in [1.29, 1.82) is 0 Å². The van der Waals surface area contributed by atoms with E-state index in [0.717, 1.165) is 0 Å². The van der Waals surface area contributed by atoms with Crippen LogP contribution in [0.1, 0.15) is 141 Å². The van der Waals surface area contributed by atoms with Gasteiger partial charge in [0.15, 0.2) is 0 Å². The Morgan fingerprint density at radius 2 is 0.844 bits per heavy atom. The summed E-state index contributed by atoms with van der Waals surface area (Å²) in [6.07, 6.45) is 30.3. The molecule has 0 saturated heterocycles. The van der Waals surface area contributed by atoms with Crippen molar-refractivity contribution in [3.63, 3.8) is 0 Å². The Hall–Kier alpha value is -1.30. The lowest BCUT2D eigenvalue weighted by molar-refractivity contribution is 0.522. The van der Waals surface area contributed by atoms with Gasteiger partial charge in [0.05, 0.1) is 0 Å². The summed E-state index contributed by atoms with van der Waals surface area (Å²) in [6.45, 7) is 2.30. The maximum absolute atomic E-state index is 2.33. The normalized spacial score (nSPS) is 11.4. The summed E-state index contributed by atoms with van der Waals surface area (Å²) in [7, 11) is 0. The predicted octanol–water partition coefficient (Wildman–Crippen LogP) is 11.2. The molecule has 0 aliphatic heterocycles. The third-order valence-corrected chi connectivity index (χ3v) is 7.18. The van der Waals surface area contributed by atoms with Crippen molar-refractivity contribution in [2.75, 3.05) is 0 Å². The van der Waals surface area contributed by atoms with Crippen molar-refractivity contribution in [2.45, 2.75) is 142 Å². The maximum Gasteiger partial charge on any atom is -0.0152 e. The lowest BCUT2D eigenvalue weighted by Gasteiger charge is -2.04. The van der Waals surface area contributed by atoms with E-state index in [-0.39, 0.29) is 0 Å². The van der Waals surface area contributed by atoms with Crippen molar-refractivity contribution in [2.24, 2.45) is 0 Å². The first kappa shape index (κ1) is 26.9. The van der Waals surface area contributed by atoms with Crippen molar-refractivity contribution < 1.29 is 0 Å². The lowest BCUT2D eigenvalue weighted by Crippen LogP contribution is -1.86. The average molecular weight is 437 g/mol. The Balaban J connectivity index is 1.29. The summed E-state index contributed by atoms with van der Waals surface area (Å²) < 4.78 is 0. The highest BCUT2D eigenvalue weighted by Gasteiger charge is 2.06. The number of hydrogen-bond donors (Lipinski definition) is 0. The molecule has 2 rings (SSSR count). The van der Waals surface area contributed by atoms with Gasteiger partial charge in [-0.2, -0.15) is 0 Å². The fourth-order valence-electron chi connectivity index (χ4n) is 5.07. The Bertz CT molecular complexity index is 628. The Kier molecular flexibility index (Phi) is 16.2. The molecule has 0 nitrogen and oxygen atoms in total. The van der Waals surface area contributed by atoms with E-state index in [9.17, 15) is 0 Å². The van der Waals surface area contributed by atoms with Crippen LogP contribution in [0.4, 0.5) is 0 Å². The molecule has 2 aliphatic carbocycles. The van der Waals surface area contributed by atoms with Crippen LogP contribution in [0.25, 0.3) is 11.1 Å². The van der Waals surface area contributed by atoms with Gasteiger partial charge in [-0.15, -0.1) is 0 Å². The summed E-state index contributed by atoms with van der Waals surface area (Å²) in [5.74, 6) is 0. The molecule has 0 amide bonds. The van der Waals surface area contributed by atoms with E-state index in [1.807, 2.05) is 0 Å². The van der Waals surface area contributed by atoms with Crippen LogP contribution >= 0.6 is 0 Å². The second kappa shape index (κ2) is 19.2. The minimum absolute atomic E-state index is 1.24. The van der Waals surface area contributed by atoms with Crippen molar-refractivity contribution in [3.05, 3.63) is 48.0 Å². The maximum atomic E-state index is 2.33. The van der Waals surface area contributed by atoms with Gasteiger partial charge in [-0.05, 0) is 29.5 Å². The zero-order valence-electron chi connectivity index (χ0n) is 21.4. The highest BCUT2D eigenvalue weighted by molar-refractivity contribution is 5.70. The Labute approximate surface area is 200 Å².